The van der Waals surface area contributed by atoms with Crippen molar-refractivity contribution in [2.24, 2.45) is 0 Å². The molecule has 1 aliphatic rings. The Balaban J connectivity index is 1.85. The number of aryl methyl sites for hydroxylation is 2. The van der Waals surface area contributed by atoms with E-state index in [-0.39, 0.29) is 17.3 Å². The molecule has 2 heterocycles. The minimum Gasteiger partial charge on any atom is -0.431 e. The second kappa shape index (κ2) is 5.79. The van der Waals surface area contributed by atoms with E-state index < -0.39 is 10.7 Å². The van der Waals surface area contributed by atoms with Crippen LogP contribution in [0.5, 0.6) is 11.6 Å². The van der Waals surface area contributed by atoms with Crippen molar-refractivity contribution in [1.82, 2.24) is 9.97 Å². The standard InChI is InChI=1S/C16H12FN3O3S/c17-9-5-6-11(20(21)22)12(7-9)23-15-14-10-3-1-2-4-13(10)24-16(14)19-8-18-15/h5-8H,1-4H2. The van der Waals surface area contributed by atoms with E-state index >= 15 is 0 Å². The number of ether oxygens (including phenoxy) is 1. The molecule has 4 rings (SSSR count). The molecule has 0 atom stereocenters. The second-order valence-corrected chi connectivity index (χ2v) is 6.62. The van der Waals surface area contributed by atoms with E-state index in [0.29, 0.717) is 0 Å². The summed E-state index contributed by atoms with van der Waals surface area (Å²) in [6.07, 6.45) is 5.48. The molecule has 1 aliphatic carbocycles. The molecule has 0 saturated carbocycles. The topological polar surface area (TPSA) is 78.2 Å². The first kappa shape index (κ1) is 14.9. The van der Waals surface area contributed by atoms with Crippen LogP contribution >= 0.6 is 11.3 Å². The summed E-state index contributed by atoms with van der Waals surface area (Å²) in [5.74, 6) is -0.517. The van der Waals surface area contributed by atoms with Crippen molar-refractivity contribution in [2.45, 2.75) is 25.7 Å². The first-order valence-corrected chi connectivity index (χ1v) is 8.32. The SMILES string of the molecule is O=[N+]([O-])c1ccc(F)cc1Oc1ncnc2sc3c(c12)CCCC3. The van der Waals surface area contributed by atoms with Gasteiger partial charge in [0.15, 0.2) is 0 Å². The van der Waals surface area contributed by atoms with Gasteiger partial charge in [-0.1, -0.05) is 0 Å². The third-order valence-electron chi connectivity index (χ3n) is 4.04. The van der Waals surface area contributed by atoms with Gasteiger partial charge in [-0.2, -0.15) is 0 Å². The lowest BCUT2D eigenvalue weighted by Crippen LogP contribution is -2.00. The number of thiophene rings is 1. The highest BCUT2D eigenvalue weighted by Gasteiger charge is 2.23. The Morgan fingerprint density at radius 1 is 1.25 bits per heavy atom. The molecule has 0 unspecified atom stereocenters. The zero-order valence-corrected chi connectivity index (χ0v) is 13.3. The molecular formula is C16H12FN3O3S. The zero-order valence-electron chi connectivity index (χ0n) is 12.5. The van der Waals surface area contributed by atoms with Gasteiger partial charge >= 0.3 is 5.69 Å². The monoisotopic (exact) mass is 345 g/mol. The summed E-state index contributed by atoms with van der Waals surface area (Å²) in [7, 11) is 0. The first-order valence-electron chi connectivity index (χ1n) is 7.50. The number of hydrogen-bond donors (Lipinski definition) is 0. The van der Waals surface area contributed by atoms with Crippen LogP contribution in [0.15, 0.2) is 24.5 Å². The van der Waals surface area contributed by atoms with Crippen LogP contribution in [0, 0.1) is 15.9 Å². The predicted octanol–water partition coefficient (Wildman–Crippen LogP) is 4.41. The van der Waals surface area contributed by atoms with Gasteiger partial charge in [0.25, 0.3) is 0 Å². The lowest BCUT2D eigenvalue weighted by molar-refractivity contribution is -0.385. The molecule has 6 nitrogen and oxygen atoms in total. The number of halogens is 1. The molecule has 0 bridgehead atoms. The van der Waals surface area contributed by atoms with Crippen molar-refractivity contribution in [3.05, 3.63) is 50.9 Å². The number of nitrogens with zero attached hydrogens (tertiary/aromatic N) is 3. The van der Waals surface area contributed by atoms with Crippen LogP contribution in [0.3, 0.4) is 0 Å². The third-order valence-corrected chi connectivity index (χ3v) is 5.24. The molecule has 3 aromatic rings. The Morgan fingerprint density at radius 2 is 2.08 bits per heavy atom. The minimum atomic E-state index is -0.603. The van der Waals surface area contributed by atoms with Crippen LogP contribution < -0.4 is 4.74 Å². The van der Waals surface area contributed by atoms with E-state index in [9.17, 15) is 14.5 Å². The summed E-state index contributed by atoms with van der Waals surface area (Å²) in [6, 6.07) is 3.13. The highest BCUT2D eigenvalue weighted by molar-refractivity contribution is 7.18. The highest BCUT2D eigenvalue weighted by atomic mass is 32.1. The molecule has 1 aromatic carbocycles. The Hall–Kier alpha value is -2.61. The number of hydrogen-bond acceptors (Lipinski definition) is 6. The molecule has 0 amide bonds. The molecular weight excluding hydrogens is 333 g/mol. The van der Waals surface area contributed by atoms with Gasteiger partial charge in [0.1, 0.15) is 17.0 Å². The fourth-order valence-corrected chi connectivity index (χ4v) is 4.18. The average molecular weight is 345 g/mol. The van der Waals surface area contributed by atoms with Crippen LogP contribution in [0.4, 0.5) is 10.1 Å². The molecule has 2 aromatic heterocycles. The zero-order chi connectivity index (χ0) is 16.7. The number of aromatic nitrogens is 2. The lowest BCUT2D eigenvalue weighted by Gasteiger charge is -2.12. The van der Waals surface area contributed by atoms with Gasteiger partial charge in [-0.05, 0) is 37.3 Å². The molecule has 8 heteroatoms. The smallest absolute Gasteiger partial charge is 0.311 e. The van der Waals surface area contributed by atoms with E-state index in [4.69, 9.17) is 4.74 Å². The normalized spacial score (nSPS) is 13.7. The van der Waals surface area contributed by atoms with Gasteiger partial charge < -0.3 is 4.74 Å². The van der Waals surface area contributed by atoms with E-state index in [1.54, 1.807) is 11.3 Å². The van der Waals surface area contributed by atoms with E-state index in [2.05, 4.69) is 9.97 Å². The summed E-state index contributed by atoms with van der Waals surface area (Å²) in [6.45, 7) is 0. The number of benzene rings is 1. The Labute approximate surface area is 140 Å². The summed E-state index contributed by atoms with van der Waals surface area (Å²) >= 11 is 1.60. The van der Waals surface area contributed by atoms with Crippen molar-refractivity contribution < 1.29 is 14.1 Å². The number of fused-ring (bicyclic) bond motifs is 3. The molecule has 24 heavy (non-hydrogen) atoms. The summed E-state index contributed by atoms with van der Waals surface area (Å²) in [5.41, 5.74) is 0.850. The van der Waals surface area contributed by atoms with Crippen LogP contribution in [0.2, 0.25) is 0 Å². The molecule has 0 N–H and O–H groups in total. The van der Waals surface area contributed by atoms with Crippen molar-refractivity contribution in [3.63, 3.8) is 0 Å². The molecule has 0 spiro atoms. The summed E-state index contributed by atoms with van der Waals surface area (Å²) in [5, 5.41) is 11.9. The van der Waals surface area contributed by atoms with Gasteiger partial charge in [0.05, 0.1) is 10.3 Å². The lowest BCUT2D eigenvalue weighted by atomic mass is 9.97. The maximum absolute atomic E-state index is 13.5. The van der Waals surface area contributed by atoms with Crippen molar-refractivity contribution in [2.75, 3.05) is 0 Å². The fraction of sp³-hybridized carbons (Fsp3) is 0.250. The Morgan fingerprint density at radius 3 is 2.92 bits per heavy atom. The van der Waals surface area contributed by atoms with Crippen LogP contribution in [0.1, 0.15) is 23.3 Å². The summed E-state index contributed by atoms with van der Waals surface area (Å²) < 4.78 is 19.2. The molecule has 0 radical (unpaired) electrons. The molecule has 0 aliphatic heterocycles. The van der Waals surface area contributed by atoms with Crippen LogP contribution in [-0.4, -0.2) is 14.9 Å². The minimum absolute atomic E-state index is 0.157. The molecule has 122 valence electrons. The van der Waals surface area contributed by atoms with Crippen LogP contribution in [0.25, 0.3) is 10.2 Å². The number of nitro benzene ring substituents is 1. The Kier molecular flexibility index (Phi) is 3.61. The maximum Gasteiger partial charge on any atom is 0.311 e. The fourth-order valence-electron chi connectivity index (χ4n) is 2.96. The van der Waals surface area contributed by atoms with E-state index in [0.717, 1.165) is 59.7 Å². The Bertz CT molecular complexity index is 957. The van der Waals surface area contributed by atoms with Gasteiger partial charge in [-0.25, -0.2) is 14.4 Å². The predicted molar refractivity (Wildman–Crippen MR) is 87.2 cm³/mol. The van der Waals surface area contributed by atoms with Crippen molar-refractivity contribution in [1.29, 1.82) is 0 Å². The molecule has 0 fully saturated rings. The second-order valence-electron chi connectivity index (χ2n) is 5.54. The number of rotatable bonds is 3. The van der Waals surface area contributed by atoms with Crippen LogP contribution in [-0.2, 0) is 12.8 Å². The van der Waals surface area contributed by atoms with Gasteiger partial charge in [-0.15, -0.1) is 11.3 Å². The van der Waals surface area contributed by atoms with Crippen molar-refractivity contribution in [3.8, 4) is 11.6 Å². The van der Waals surface area contributed by atoms with Gasteiger partial charge in [0, 0.05) is 17.0 Å². The largest absolute Gasteiger partial charge is 0.431 e. The van der Waals surface area contributed by atoms with E-state index in [1.165, 1.54) is 11.2 Å². The molecule has 0 saturated heterocycles. The highest BCUT2D eigenvalue weighted by Crippen LogP contribution is 2.41. The number of nitro groups is 1. The van der Waals surface area contributed by atoms with Crippen molar-refractivity contribution >= 4 is 27.2 Å². The van der Waals surface area contributed by atoms with Gasteiger partial charge in [-0.3, -0.25) is 10.1 Å². The third kappa shape index (κ3) is 2.48. The quantitative estimate of drug-likeness (QED) is 0.519. The maximum atomic E-state index is 13.5. The summed E-state index contributed by atoms with van der Waals surface area (Å²) in [4.78, 5) is 21.0. The average Bonchev–Trinajstić information content (AvgIpc) is 2.94. The van der Waals surface area contributed by atoms with E-state index in [1.807, 2.05) is 0 Å². The first-order chi connectivity index (χ1) is 11.6. The van der Waals surface area contributed by atoms with Gasteiger partial charge in [0.2, 0.25) is 11.6 Å².